The van der Waals surface area contributed by atoms with Gasteiger partial charge in [0.15, 0.2) is 0 Å². The Hall–Kier alpha value is -1.55. The third-order valence-corrected chi connectivity index (χ3v) is 2.17. The second kappa shape index (κ2) is 3.67. The van der Waals surface area contributed by atoms with Gasteiger partial charge in [0.2, 0.25) is 0 Å². The number of imidazole rings is 1. The molecule has 14 heavy (non-hydrogen) atoms. The zero-order valence-electron chi connectivity index (χ0n) is 8.17. The predicted octanol–water partition coefficient (Wildman–Crippen LogP) is 1.21. The highest BCUT2D eigenvalue weighted by Gasteiger charge is 2.08. The van der Waals surface area contributed by atoms with Crippen molar-refractivity contribution in [3.63, 3.8) is 0 Å². The first-order valence-corrected chi connectivity index (χ1v) is 4.70. The van der Waals surface area contributed by atoms with Crippen molar-refractivity contribution in [1.29, 1.82) is 0 Å². The van der Waals surface area contributed by atoms with E-state index in [2.05, 4.69) is 15.0 Å². The van der Waals surface area contributed by atoms with Crippen molar-refractivity contribution in [3.05, 3.63) is 29.8 Å². The van der Waals surface area contributed by atoms with Crippen LogP contribution >= 0.6 is 0 Å². The van der Waals surface area contributed by atoms with Crippen molar-refractivity contribution >= 4 is 0 Å². The molecule has 0 spiro atoms. The SMILES string of the molecule is Cc1[nH]c(CCN)nc1-c1ccc[nH]1. The Morgan fingerprint density at radius 3 is 3.00 bits per heavy atom. The van der Waals surface area contributed by atoms with Crippen molar-refractivity contribution in [2.75, 3.05) is 6.54 Å². The fraction of sp³-hybridized carbons (Fsp3) is 0.300. The third kappa shape index (κ3) is 1.56. The Bertz CT molecular complexity index is 400. The van der Waals surface area contributed by atoms with Crippen molar-refractivity contribution in [3.8, 4) is 11.4 Å². The maximum absolute atomic E-state index is 5.47. The van der Waals surface area contributed by atoms with Gasteiger partial charge in [-0.25, -0.2) is 4.98 Å². The molecule has 0 amide bonds. The summed E-state index contributed by atoms with van der Waals surface area (Å²) in [5.74, 6) is 0.953. The summed E-state index contributed by atoms with van der Waals surface area (Å²) in [6.07, 6.45) is 2.69. The summed E-state index contributed by atoms with van der Waals surface area (Å²) in [6, 6.07) is 3.97. The van der Waals surface area contributed by atoms with Crippen LogP contribution in [0, 0.1) is 6.92 Å². The van der Waals surface area contributed by atoms with Gasteiger partial charge in [-0.3, -0.25) is 0 Å². The predicted molar refractivity (Wildman–Crippen MR) is 55.9 cm³/mol. The molecular formula is C10H14N4. The molecule has 0 atom stereocenters. The monoisotopic (exact) mass is 190 g/mol. The molecule has 4 N–H and O–H groups in total. The maximum Gasteiger partial charge on any atom is 0.108 e. The number of aromatic amines is 2. The van der Waals surface area contributed by atoms with Crippen LogP contribution in [-0.4, -0.2) is 21.5 Å². The molecule has 0 fully saturated rings. The van der Waals surface area contributed by atoms with Crippen LogP contribution in [0.15, 0.2) is 18.3 Å². The zero-order valence-corrected chi connectivity index (χ0v) is 8.17. The molecule has 0 radical (unpaired) electrons. The average Bonchev–Trinajstić information content (AvgIpc) is 2.74. The van der Waals surface area contributed by atoms with Gasteiger partial charge >= 0.3 is 0 Å². The van der Waals surface area contributed by atoms with Gasteiger partial charge in [-0.05, 0) is 25.6 Å². The van der Waals surface area contributed by atoms with E-state index < -0.39 is 0 Å². The highest BCUT2D eigenvalue weighted by molar-refractivity contribution is 5.57. The van der Waals surface area contributed by atoms with Gasteiger partial charge in [0.25, 0.3) is 0 Å². The molecule has 0 aliphatic carbocycles. The lowest BCUT2D eigenvalue weighted by Gasteiger charge is -1.91. The van der Waals surface area contributed by atoms with Crippen molar-refractivity contribution in [2.45, 2.75) is 13.3 Å². The van der Waals surface area contributed by atoms with E-state index >= 15 is 0 Å². The van der Waals surface area contributed by atoms with Gasteiger partial charge in [-0.15, -0.1) is 0 Å². The summed E-state index contributed by atoms with van der Waals surface area (Å²) in [5.41, 5.74) is 8.58. The average molecular weight is 190 g/mol. The highest BCUT2D eigenvalue weighted by atomic mass is 14.9. The molecule has 0 aliphatic heterocycles. The van der Waals surface area contributed by atoms with E-state index in [9.17, 15) is 0 Å². The minimum Gasteiger partial charge on any atom is -0.360 e. The van der Waals surface area contributed by atoms with Crippen LogP contribution in [0.1, 0.15) is 11.5 Å². The van der Waals surface area contributed by atoms with Gasteiger partial charge in [0.1, 0.15) is 11.5 Å². The molecular weight excluding hydrogens is 176 g/mol. The summed E-state index contributed by atoms with van der Waals surface area (Å²) >= 11 is 0. The van der Waals surface area contributed by atoms with Crippen LogP contribution in [-0.2, 0) is 6.42 Å². The maximum atomic E-state index is 5.47. The van der Waals surface area contributed by atoms with Crippen LogP contribution in [0.5, 0.6) is 0 Å². The molecule has 2 heterocycles. The minimum atomic E-state index is 0.622. The molecule has 0 saturated carbocycles. The van der Waals surface area contributed by atoms with E-state index in [0.29, 0.717) is 6.54 Å². The number of nitrogens with one attached hydrogen (secondary N) is 2. The fourth-order valence-electron chi connectivity index (χ4n) is 1.52. The Kier molecular flexibility index (Phi) is 2.37. The first-order chi connectivity index (χ1) is 6.81. The summed E-state index contributed by atoms with van der Waals surface area (Å²) in [5, 5.41) is 0. The number of hydrogen-bond donors (Lipinski definition) is 3. The quantitative estimate of drug-likeness (QED) is 0.681. The second-order valence-electron chi connectivity index (χ2n) is 3.28. The molecule has 4 nitrogen and oxygen atoms in total. The van der Waals surface area contributed by atoms with Crippen LogP contribution in [0.2, 0.25) is 0 Å². The largest absolute Gasteiger partial charge is 0.360 e. The highest BCUT2D eigenvalue weighted by Crippen LogP contribution is 2.18. The number of nitrogens with zero attached hydrogens (tertiary/aromatic N) is 1. The van der Waals surface area contributed by atoms with E-state index in [1.807, 2.05) is 25.3 Å². The zero-order chi connectivity index (χ0) is 9.97. The number of aryl methyl sites for hydroxylation is 1. The van der Waals surface area contributed by atoms with Crippen molar-refractivity contribution in [2.24, 2.45) is 5.73 Å². The molecule has 0 aromatic carbocycles. The van der Waals surface area contributed by atoms with Crippen molar-refractivity contribution in [1.82, 2.24) is 15.0 Å². The summed E-state index contributed by atoms with van der Waals surface area (Å²) in [7, 11) is 0. The lowest BCUT2D eigenvalue weighted by Crippen LogP contribution is -2.03. The molecule has 0 bridgehead atoms. The lowest BCUT2D eigenvalue weighted by molar-refractivity contribution is 0.891. The number of aromatic nitrogens is 3. The lowest BCUT2D eigenvalue weighted by atomic mass is 10.3. The van der Waals surface area contributed by atoms with Crippen molar-refractivity contribution < 1.29 is 0 Å². The second-order valence-corrected chi connectivity index (χ2v) is 3.28. The molecule has 0 saturated heterocycles. The normalized spacial score (nSPS) is 10.7. The van der Waals surface area contributed by atoms with E-state index in [1.54, 1.807) is 0 Å². The van der Waals surface area contributed by atoms with Gasteiger partial charge < -0.3 is 15.7 Å². The molecule has 2 aromatic heterocycles. The summed E-state index contributed by atoms with van der Waals surface area (Å²) in [4.78, 5) is 10.8. The topological polar surface area (TPSA) is 70.5 Å². The van der Waals surface area contributed by atoms with Crippen LogP contribution in [0.4, 0.5) is 0 Å². The number of nitrogens with two attached hydrogens (primary N) is 1. The molecule has 74 valence electrons. The standard InChI is InChI=1S/C10H14N4/c1-7-10(8-3-2-6-12-8)14-9(13-7)4-5-11/h2-3,6,12H,4-5,11H2,1H3,(H,13,14). The van der Waals surface area contributed by atoms with Gasteiger partial charge in [0, 0.05) is 18.3 Å². The van der Waals surface area contributed by atoms with Crippen LogP contribution in [0.25, 0.3) is 11.4 Å². The Morgan fingerprint density at radius 2 is 2.36 bits per heavy atom. The Labute approximate surface area is 82.6 Å². The van der Waals surface area contributed by atoms with E-state index in [0.717, 1.165) is 29.3 Å². The van der Waals surface area contributed by atoms with Gasteiger partial charge in [-0.2, -0.15) is 0 Å². The Morgan fingerprint density at radius 1 is 1.50 bits per heavy atom. The number of H-pyrrole nitrogens is 2. The van der Waals surface area contributed by atoms with Gasteiger partial charge in [0.05, 0.1) is 5.69 Å². The van der Waals surface area contributed by atoms with Gasteiger partial charge in [-0.1, -0.05) is 0 Å². The smallest absolute Gasteiger partial charge is 0.108 e. The minimum absolute atomic E-state index is 0.622. The number of hydrogen-bond acceptors (Lipinski definition) is 2. The van der Waals surface area contributed by atoms with Crippen LogP contribution in [0.3, 0.4) is 0 Å². The third-order valence-electron chi connectivity index (χ3n) is 2.17. The molecule has 4 heteroatoms. The van der Waals surface area contributed by atoms with E-state index in [1.165, 1.54) is 0 Å². The molecule has 0 aliphatic rings. The molecule has 2 aromatic rings. The Balaban J connectivity index is 2.35. The first kappa shape index (κ1) is 9.02. The van der Waals surface area contributed by atoms with Crippen LogP contribution < -0.4 is 5.73 Å². The van der Waals surface area contributed by atoms with E-state index in [4.69, 9.17) is 5.73 Å². The summed E-state index contributed by atoms with van der Waals surface area (Å²) in [6.45, 7) is 2.64. The first-order valence-electron chi connectivity index (χ1n) is 4.70. The molecule has 0 unspecified atom stereocenters. The number of rotatable bonds is 3. The summed E-state index contributed by atoms with van der Waals surface area (Å²) < 4.78 is 0. The van der Waals surface area contributed by atoms with E-state index in [-0.39, 0.29) is 0 Å². The molecule has 2 rings (SSSR count). The fourth-order valence-corrected chi connectivity index (χ4v) is 1.52.